The lowest BCUT2D eigenvalue weighted by molar-refractivity contribution is 0.0481. The van der Waals surface area contributed by atoms with E-state index in [-0.39, 0.29) is 13.2 Å². The minimum absolute atomic E-state index is 0.00534. The third kappa shape index (κ3) is 3.53. The number of benzene rings is 1. The van der Waals surface area contributed by atoms with Gasteiger partial charge in [0.15, 0.2) is 0 Å². The van der Waals surface area contributed by atoms with Crippen LogP contribution in [0.3, 0.4) is 0 Å². The molecule has 0 unspecified atom stereocenters. The molecule has 3 N–H and O–H groups in total. The fraction of sp³-hybridized carbons (Fsp3) is 0.300. The number of ether oxygens (including phenoxy) is 1. The van der Waals surface area contributed by atoms with Crippen molar-refractivity contribution in [1.29, 1.82) is 0 Å². The molecule has 0 bridgehead atoms. The number of nitrogen functional groups attached to an aromatic ring is 1. The van der Waals surface area contributed by atoms with Gasteiger partial charge in [0.2, 0.25) is 0 Å². The average Bonchev–Trinajstić information content (AvgIpc) is 2.22. The predicted octanol–water partition coefficient (Wildman–Crippen LogP) is 1.57. The Balaban J connectivity index is 2.68. The summed E-state index contributed by atoms with van der Waals surface area (Å²) in [4.78, 5) is 11.5. The first-order valence-electron chi connectivity index (χ1n) is 4.48. The number of aliphatic hydroxyl groups is 1. The van der Waals surface area contributed by atoms with Gasteiger partial charge in [0, 0.05) is 23.2 Å². The Bertz CT molecular complexity index is 355. The van der Waals surface area contributed by atoms with Gasteiger partial charge in [-0.05, 0) is 34.1 Å². The molecule has 0 aliphatic heterocycles. The first-order valence-corrected chi connectivity index (χ1v) is 5.27. The van der Waals surface area contributed by atoms with Crippen molar-refractivity contribution in [2.24, 2.45) is 0 Å². The minimum Gasteiger partial charge on any atom is -0.462 e. The van der Waals surface area contributed by atoms with E-state index in [1.54, 1.807) is 18.2 Å². The Morgan fingerprint density at radius 3 is 2.93 bits per heavy atom. The fourth-order valence-electron chi connectivity index (χ4n) is 1.01. The van der Waals surface area contributed by atoms with E-state index in [0.717, 1.165) is 0 Å². The molecule has 1 aromatic rings. The summed E-state index contributed by atoms with van der Waals surface area (Å²) in [6.45, 7) is 0.210. The quantitative estimate of drug-likeness (QED) is 0.496. The monoisotopic (exact) mass is 273 g/mol. The van der Waals surface area contributed by atoms with E-state index < -0.39 is 5.97 Å². The van der Waals surface area contributed by atoms with E-state index in [9.17, 15) is 4.79 Å². The van der Waals surface area contributed by atoms with Crippen LogP contribution < -0.4 is 5.73 Å². The second-order valence-electron chi connectivity index (χ2n) is 2.95. The summed E-state index contributed by atoms with van der Waals surface area (Å²) in [5.41, 5.74) is 6.45. The van der Waals surface area contributed by atoms with Gasteiger partial charge in [0.1, 0.15) is 0 Å². The number of rotatable bonds is 4. The van der Waals surface area contributed by atoms with E-state index in [2.05, 4.69) is 15.9 Å². The molecule has 0 saturated carbocycles. The lowest BCUT2D eigenvalue weighted by Crippen LogP contribution is -2.08. The Labute approximate surface area is 96.2 Å². The van der Waals surface area contributed by atoms with Crippen LogP contribution in [0.5, 0.6) is 0 Å². The Hall–Kier alpha value is -1.07. The molecule has 0 aliphatic carbocycles. The molecule has 0 heterocycles. The largest absolute Gasteiger partial charge is 0.462 e. The van der Waals surface area contributed by atoms with Crippen molar-refractivity contribution in [3.63, 3.8) is 0 Å². The van der Waals surface area contributed by atoms with Gasteiger partial charge < -0.3 is 15.6 Å². The number of esters is 1. The minimum atomic E-state index is -0.442. The first-order chi connectivity index (χ1) is 7.15. The van der Waals surface area contributed by atoms with Crippen LogP contribution in [0.1, 0.15) is 16.8 Å². The lowest BCUT2D eigenvalue weighted by atomic mass is 10.2. The van der Waals surface area contributed by atoms with Gasteiger partial charge in [0.25, 0.3) is 0 Å². The molecule has 15 heavy (non-hydrogen) atoms. The number of nitrogens with two attached hydrogens (primary N) is 1. The summed E-state index contributed by atoms with van der Waals surface area (Å²) in [5.74, 6) is -0.442. The van der Waals surface area contributed by atoms with Crippen LogP contribution in [0, 0.1) is 0 Å². The average molecular weight is 274 g/mol. The maximum Gasteiger partial charge on any atom is 0.339 e. The molecular weight excluding hydrogens is 262 g/mol. The van der Waals surface area contributed by atoms with Crippen molar-refractivity contribution in [2.45, 2.75) is 6.42 Å². The van der Waals surface area contributed by atoms with Gasteiger partial charge in [-0.25, -0.2) is 4.79 Å². The van der Waals surface area contributed by atoms with Crippen molar-refractivity contribution in [3.05, 3.63) is 28.2 Å². The molecule has 5 heteroatoms. The molecule has 0 aliphatic rings. The molecule has 0 fully saturated rings. The highest BCUT2D eigenvalue weighted by atomic mass is 79.9. The highest BCUT2D eigenvalue weighted by Crippen LogP contribution is 2.20. The van der Waals surface area contributed by atoms with E-state index in [0.29, 0.717) is 22.1 Å². The van der Waals surface area contributed by atoms with Gasteiger partial charge in [-0.2, -0.15) is 0 Å². The molecule has 0 amide bonds. The van der Waals surface area contributed by atoms with Gasteiger partial charge in [-0.15, -0.1) is 0 Å². The van der Waals surface area contributed by atoms with Crippen LogP contribution in [0.15, 0.2) is 22.7 Å². The number of hydrogen-bond acceptors (Lipinski definition) is 4. The summed E-state index contributed by atoms with van der Waals surface area (Å²) in [6, 6.07) is 4.93. The highest BCUT2D eigenvalue weighted by molar-refractivity contribution is 9.10. The molecule has 0 saturated heterocycles. The zero-order chi connectivity index (χ0) is 11.3. The molecule has 0 atom stereocenters. The molecule has 0 aromatic heterocycles. The Morgan fingerprint density at radius 1 is 1.53 bits per heavy atom. The van der Waals surface area contributed by atoms with Gasteiger partial charge >= 0.3 is 5.97 Å². The highest BCUT2D eigenvalue weighted by Gasteiger charge is 2.11. The Morgan fingerprint density at radius 2 is 2.27 bits per heavy atom. The molecule has 1 rings (SSSR count). The van der Waals surface area contributed by atoms with Crippen LogP contribution in [0.4, 0.5) is 5.69 Å². The number of carbonyl (C=O) groups is 1. The fourth-order valence-corrected chi connectivity index (χ4v) is 1.41. The number of carbonyl (C=O) groups excluding carboxylic acids is 1. The summed E-state index contributed by atoms with van der Waals surface area (Å²) in [6.07, 6.45) is 0.436. The van der Waals surface area contributed by atoms with Gasteiger partial charge in [0.05, 0.1) is 12.2 Å². The van der Waals surface area contributed by atoms with Gasteiger partial charge in [-0.3, -0.25) is 0 Å². The third-order valence-corrected chi connectivity index (χ3v) is 2.44. The van der Waals surface area contributed by atoms with Crippen LogP contribution in [0.25, 0.3) is 0 Å². The van der Waals surface area contributed by atoms with Crippen LogP contribution >= 0.6 is 15.9 Å². The Kier molecular flexibility index (Phi) is 4.58. The molecule has 4 nitrogen and oxygen atoms in total. The topological polar surface area (TPSA) is 72.6 Å². The number of anilines is 1. The summed E-state index contributed by atoms with van der Waals surface area (Å²) >= 11 is 3.23. The molecule has 0 radical (unpaired) electrons. The summed E-state index contributed by atoms with van der Waals surface area (Å²) < 4.78 is 5.56. The van der Waals surface area contributed by atoms with Crippen LogP contribution in [0.2, 0.25) is 0 Å². The smallest absolute Gasteiger partial charge is 0.339 e. The van der Waals surface area contributed by atoms with Crippen molar-refractivity contribution in [3.8, 4) is 0 Å². The second-order valence-corrected chi connectivity index (χ2v) is 3.81. The maximum atomic E-state index is 11.5. The van der Waals surface area contributed by atoms with E-state index in [4.69, 9.17) is 15.6 Å². The van der Waals surface area contributed by atoms with Crippen LogP contribution in [-0.4, -0.2) is 24.3 Å². The third-order valence-electron chi connectivity index (χ3n) is 1.75. The van der Waals surface area contributed by atoms with Crippen molar-refractivity contribution < 1.29 is 14.6 Å². The normalized spacial score (nSPS) is 10.0. The zero-order valence-corrected chi connectivity index (χ0v) is 9.66. The van der Waals surface area contributed by atoms with E-state index >= 15 is 0 Å². The molecule has 82 valence electrons. The standard InChI is InChI=1S/C10H12BrNO3/c11-9-3-2-7(12)6-8(9)10(14)15-5-1-4-13/h2-3,6,13H,1,4-5,12H2. The van der Waals surface area contributed by atoms with Crippen molar-refractivity contribution in [1.82, 2.24) is 0 Å². The molecular formula is C10H12BrNO3. The maximum absolute atomic E-state index is 11.5. The number of aliphatic hydroxyl groups excluding tert-OH is 1. The van der Waals surface area contributed by atoms with Gasteiger partial charge in [-0.1, -0.05) is 0 Å². The van der Waals surface area contributed by atoms with E-state index in [1.165, 1.54) is 0 Å². The molecule has 0 spiro atoms. The predicted molar refractivity (Wildman–Crippen MR) is 60.5 cm³/mol. The number of hydrogen-bond donors (Lipinski definition) is 2. The zero-order valence-electron chi connectivity index (χ0n) is 8.07. The summed E-state index contributed by atoms with van der Waals surface area (Å²) in [5, 5.41) is 8.53. The molecule has 1 aromatic carbocycles. The van der Waals surface area contributed by atoms with E-state index in [1.807, 2.05) is 0 Å². The second kappa shape index (κ2) is 5.72. The lowest BCUT2D eigenvalue weighted by Gasteiger charge is -2.06. The van der Waals surface area contributed by atoms with Crippen LogP contribution in [-0.2, 0) is 4.74 Å². The SMILES string of the molecule is Nc1ccc(Br)c(C(=O)OCCCO)c1. The summed E-state index contributed by atoms with van der Waals surface area (Å²) in [7, 11) is 0. The number of halogens is 1. The van der Waals surface area contributed by atoms with Crippen molar-refractivity contribution in [2.75, 3.05) is 18.9 Å². The van der Waals surface area contributed by atoms with Crippen molar-refractivity contribution >= 4 is 27.6 Å². The first kappa shape index (κ1) is 12.0.